The third kappa shape index (κ3) is 11.8. The van der Waals surface area contributed by atoms with Crippen LogP contribution in [0.3, 0.4) is 0 Å². The maximum absolute atomic E-state index is 11.6. The summed E-state index contributed by atoms with van der Waals surface area (Å²) < 4.78 is 44.4. The molecular weight excluding hydrogens is 184 g/mol. The first-order chi connectivity index (χ1) is 5.71. The van der Waals surface area contributed by atoms with Crippen molar-refractivity contribution in [3.8, 4) is 0 Å². The third-order valence-corrected chi connectivity index (χ3v) is 1.07. The van der Waals surface area contributed by atoms with E-state index in [-0.39, 0.29) is 18.8 Å². The Labute approximate surface area is 76.5 Å². The fraction of sp³-hybridized carbons (Fsp3) is 1.00. The van der Waals surface area contributed by atoms with Crippen LogP contribution in [0.25, 0.3) is 0 Å². The Morgan fingerprint density at radius 2 is 1.62 bits per heavy atom. The van der Waals surface area contributed by atoms with Crippen molar-refractivity contribution in [1.82, 2.24) is 0 Å². The predicted molar refractivity (Wildman–Crippen MR) is 45.6 cm³/mol. The summed E-state index contributed by atoms with van der Waals surface area (Å²) in [4.78, 5) is 0. The molecule has 0 atom stereocenters. The zero-order valence-electron chi connectivity index (χ0n) is 8.15. The van der Waals surface area contributed by atoms with Crippen molar-refractivity contribution in [2.24, 2.45) is 0 Å². The van der Waals surface area contributed by atoms with Crippen molar-refractivity contribution in [2.45, 2.75) is 26.4 Å². The molecular formula is C7H15BF3O2-. The Kier molecular flexibility index (Phi) is 4.77. The molecule has 2 nitrogen and oxygen atoms in total. The molecule has 0 N–H and O–H groups in total. The summed E-state index contributed by atoms with van der Waals surface area (Å²) in [6, 6.07) is 0. The van der Waals surface area contributed by atoms with Gasteiger partial charge in [0.05, 0.1) is 18.8 Å². The average molecular weight is 199 g/mol. The van der Waals surface area contributed by atoms with Gasteiger partial charge in [0.1, 0.15) is 0 Å². The SMILES string of the molecule is CC(C)(C)OCCOC[B-](F)(F)F. The lowest BCUT2D eigenvalue weighted by molar-refractivity contribution is -0.0315. The van der Waals surface area contributed by atoms with Gasteiger partial charge in [-0.3, -0.25) is 0 Å². The maximum Gasteiger partial charge on any atom is 0.503 e. The van der Waals surface area contributed by atoms with Crippen molar-refractivity contribution in [3.63, 3.8) is 0 Å². The zero-order valence-corrected chi connectivity index (χ0v) is 8.15. The molecule has 0 aromatic heterocycles. The van der Waals surface area contributed by atoms with Crippen LogP contribution in [-0.2, 0) is 9.47 Å². The molecule has 0 saturated heterocycles. The minimum atomic E-state index is -4.83. The Bertz CT molecular complexity index is 126. The van der Waals surface area contributed by atoms with E-state index in [1.807, 2.05) is 20.8 Å². The van der Waals surface area contributed by atoms with E-state index in [1.165, 1.54) is 0 Å². The summed E-state index contributed by atoms with van der Waals surface area (Å²) in [7, 11) is 0. The highest BCUT2D eigenvalue weighted by molar-refractivity contribution is 6.58. The Morgan fingerprint density at radius 1 is 1.08 bits per heavy atom. The quantitative estimate of drug-likeness (QED) is 0.499. The van der Waals surface area contributed by atoms with Crippen molar-refractivity contribution in [2.75, 3.05) is 19.7 Å². The maximum atomic E-state index is 11.6. The van der Waals surface area contributed by atoms with Gasteiger partial charge in [-0.1, -0.05) is 0 Å². The largest absolute Gasteiger partial charge is 0.503 e. The molecule has 0 radical (unpaired) electrons. The molecule has 0 unspecified atom stereocenters. The molecule has 0 rings (SSSR count). The van der Waals surface area contributed by atoms with Crippen LogP contribution in [-0.4, -0.2) is 32.3 Å². The summed E-state index contributed by atoms with van der Waals surface area (Å²) in [6.07, 6.45) is 0. The van der Waals surface area contributed by atoms with E-state index in [9.17, 15) is 12.9 Å². The number of hydrogen-bond donors (Lipinski definition) is 0. The van der Waals surface area contributed by atoms with Crippen molar-refractivity contribution in [1.29, 1.82) is 0 Å². The van der Waals surface area contributed by atoms with Crippen molar-refractivity contribution >= 4 is 6.98 Å². The van der Waals surface area contributed by atoms with Crippen LogP contribution < -0.4 is 0 Å². The fourth-order valence-corrected chi connectivity index (χ4v) is 0.624. The Hall–Kier alpha value is -0.225. The van der Waals surface area contributed by atoms with Gasteiger partial charge in [-0.05, 0) is 20.8 Å². The molecule has 0 aliphatic heterocycles. The van der Waals surface area contributed by atoms with Crippen LogP contribution in [0.2, 0.25) is 0 Å². The van der Waals surface area contributed by atoms with Gasteiger partial charge in [0, 0.05) is 6.51 Å². The Balaban J connectivity index is 3.28. The molecule has 0 bridgehead atoms. The normalized spacial score (nSPS) is 13.4. The smallest absolute Gasteiger partial charge is 0.447 e. The number of hydrogen-bond acceptors (Lipinski definition) is 2. The lowest BCUT2D eigenvalue weighted by atomic mass is 9.95. The fourth-order valence-electron chi connectivity index (χ4n) is 0.624. The molecule has 0 spiro atoms. The van der Waals surface area contributed by atoms with Crippen LogP contribution in [0.15, 0.2) is 0 Å². The lowest BCUT2D eigenvalue weighted by Crippen LogP contribution is -2.27. The van der Waals surface area contributed by atoms with Crippen LogP contribution in [0.5, 0.6) is 0 Å². The van der Waals surface area contributed by atoms with Crippen LogP contribution in [0, 0.1) is 0 Å². The van der Waals surface area contributed by atoms with E-state index >= 15 is 0 Å². The van der Waals surface area contributed by atoms with E-state index < -0.39 is 13.5 Å². The van der Waals surface area contributed by atoms with Gasteiger partial charge in [-0.25, -0.2) is 0 Å². The number of ether oxygens (including phenoxy) is 2. The van der Waals surface area contributed by atoms with E-state index in [2.05, 4.69) is 4.74 Å². The van der Waals surface area contributed by atoms with Gasteiger partial charge in [0.25, 0.3) is 0 Å². The number of halogens is 3. The van der Waals surface area contributed by atoms with E-state index in [0.29, 0.717) is 0 Å². The van der Waals surface area contributed by atoms with Gasteiger partial charge in [-0.15, -0.1) is 0 Å². The van der Waals surface area contributed by atoms with Crippen LogP contribution >= 0.6 is 0 Å². The average Bonchev–Trinajstić information content (AvgIpc) is 1.81. The summed E-state index contributed by atoms with van der Waals surface area (Å²) in [5, 5.41) is 0. The summed E-state index contributed by atoms with van der Waals surface area (Å²) in [5.41, 5.74) is -0.327. The molecule has 80 valence electrons. The topological polar surface area (TPSA) is 18.5 Å². The summed E-state index contributed by atoms with van der Waals surface area (Å²) in [5.74, 6) is 0. The van der Waals surface area contributed by atoms with Gasteiger partial charge < -0.3 is 22.4 Å². The second kappa shape index (κ2) is 4.86. The molecule has 0 aromatic carbocycles. The first-order valence-corrected chi connectivity index (χ1v) is 4.13. The standard InChI is InChI=1S/C7H15BF3O2/c1-7(2,3)13-5-4-12-6-8(9,10)11/h4-6H2,1-3H3/q-1. The van der Waals surface area contributed by atoms with Crippen LogP contribution in [0.4, 0.5) is 12.9 Å². The Morgan fingerprint density at radius 3 is 2.00 bits per heavy atom. The molecule has 6 heteroatoms. The van der Waals surface area contributed by atoms with Gasteiger partial charge >= 0.3 is 6.98 Å². The van der Waals surface area contributed by atoms with Crippen molar-refractivity contribution < 1.29 is 22.4 Å². The molecule has 0 fully saturated rings. The first-order valence-electron chi connectivity index (χ1n) is 4.13. The number of rotatable bonds is 5. The van der Waals surface area contributed by atoms with E-state index in [4.69, 9.17) is 4.74 Å². The molecule has 0 heterocycles. The zero-order chi connectivity index (χ0) is 10.5. The monoisotopic (exact) mass is 199 g/mol. The second-order valence-corrected chi connectivity index (χ2v) is 3.75. The van der Waals surface area contributed by atoms with E-state index in [0.717, 1.165) is 0 Å². The minimum absolute atomic E-state index is 0.0153. The van der Waals surface area contributed by atoms with Crippen molar-refractivity contribution in [3.05, 3.63) is 0 Å². The summed E-state index contributed by atoms with van der Waals surface area (Å²) >= 11 is 0. The molecule has 0 saturated carbocycles. The molecule has 13 heavy (non-hydrogen) atoms. The van der Waals surface area contributed by atoms with Gasteiger partial charge in [0.15, 0.2) is 0 Å². The molecule has 0 aromatic rings. The van der Waals surface area contributed by atoms with Gasteiger partial charge in [0.2, 0.25) is 0 Å². The first kappa shape index (κ1) is 12.8. The predicted octanol–water partition coefficient (Wildman–Crippen LogP) is 2.20. The summed E-state index contributed by atoms with van der Waals surface area (Å²) in [6.45, 7) is -0.294. The lowest BCUT2D eigenvalue weighted by Gasteiger charge is -2.20. The molecule has 0 aliphatic carbocycles. The second-order valence-electron chi connectivity index (χ2n) is 3.75. The van der Waals surface area contributed by atoms with E-state index in [1.54, 1.807) is 0 Å². The highest BCUT2D eigenvalue weighted by Gasteiger charge is 2.22. The highest BCUT2D eigenvalue weighted by Crippen LogP contribution is 2.09. The van der Waals surface area contributed by atoms with Gasteiger partial charge in [-0.2, -0.15) is 0 Å². The highest BCUT2D eigenvalue weighted by atomic mass is 19.4. The van der Waals surface area contributed by atoms with Crippen LogP contribution in [0.1, 0.15) is 20.8 Å². The third-order valence-electron chi connectivity index (χ3n) is 1.07. The molecule has 0 amide bonds. The minimum Gasteiger partial charge on any atom is -0.447 e. The molecule has 0 aliphatic rings.